The maximum Gasteiger partial charge on any atom is 0.161 e. The van der Waals surface area contributed by atoms with Gasteiger partial charge in [0.25, 0.3) is 0 Å². The Balaban J connectivity index is 1.48. The maximum absolute atomic E-state index is 5.56. The molecule has 0 spiro atoms. The van der Waals surface area contributed by atoms with Crippen LogP contribution >= 0.6 is 0 Å². The molecule has 2 atom stereocenters. The molecule has 2 aliphatic rings. The van der Waals surface area contributed by atoms with Crippen LogP contribution in [0, 0.1) is 5.92 Å². The minimum absolute atomic E-state index is 0.603. The predicted molar refractivity (Wildman–Crippen MR) is 107 cm³/mol. The quantitative estimate of drug-likeness (QED) is 0.774. The topological polar surface area (TPSA) is 30.9 Å². The van der Waals surface area contributed by atoms with Crippen LogP contribution in [0.15, 0.2) is 36.4 Å². The van der Waals surface area contributed by atoms with Gasteiger partial charge in [-0.2, -0.15) is 0 Å². The van der Waals surface area contributed by atoms with E-state index in [0.717, 1.165) is 49.1 Å². The summed E-state index contributed by atoms with van der Waals surface area (Å²) in [6.45, 7) is 3.39. The van der Waals surface area contributed by atoms with Gasteiger partial charge in [0.05, 0.1) is 21.3 Å². The van der Waals surface area contributed by atoms with Crippen molar-refractivity contribution in [1.29, 1.82) is 0 Å². The van der Waals surface area contributed by atoms with Gasteiger partial charge in [0.1, 0.15) is 5.75 Å². The Morgan fingerprint density at radius 3 is 2.44 bits per heavy atom. The van der Waals surface area contributed by atoms with Gasteiger partial charge in [-0.15, -0.1) is 0 Å². The van der Waals surface area contributed by atoms with Crippen molar-refractivity contribution in [3.8, 4) is 17.2 Å². The van der Waals surface area contributed by atoms with E-state index in [0.29, 0.717) is 5.92 Å². The van der Waals surface area contributed by atoms with Crippen LogP contribution in [0.2, 0.25) is 0 Å². The summed E-state index contributed by atoms with van der Waals surface area (Å²) in [6, 6.07) is 12.8. The molecule has 144 valence electrons. The SMILES string of the molecule is COc1ccccc1CCN1CC2CCc3cc(OC)c(OC)cc3C2C1. The molecule has 1 aliphatic carbocycles. The lowest BCUT2D eigenvalue weighted by molar-refractivity contribution is 0.322. The van der Waals surface area contributed by atoms with Crippen LogP contribution in [-0.4, -0.2) is 45.9 Å². The number of rotatable bonds is 6. The normalized spacial score (nSPS) is 21.4. The van der Waals surface area contributed by atoms with Gasteiger partial charge >= 0.3 is 0 Å². The molecule has 0 saturated carbocycles. The second-order valence-electron chi connectivity index (χ2n) is 7.63. The van der Waals surface area contributed by atoms with Gasteiger partial charge in [-0.1, -0.05) is 18.2 Å². The second-order valence-corrected chi connectivity index (χ2v) is 7.63. The van der Waals surface area contributed by atoms with Crippen LogP contribution in [0.4, 0.5) is 0 Å². The summed E-state index contributed by atoms with van der Waals surface area (Å²) in [5.74, 6) is 4.04. The van der Waals surface area contributed by atoms with E-state index in [1.807, 2.05) is 6.07 Å². The Labute approximate surface area is 162 Å². The maximum atomic E-state index is 5.56. The summed E-state index contributed by atoms with van der Waals surface area (Å²) in [5, 5.41) is 0. The van der Waals surface area contributed by atoms with E-state index < -0.39 is 0 Å². The first-order valence-corrected chi connectivity index (χ1v) is 9.82. The first kappa shape index (κ1) is 18.2. The van der Waals surface area contributed by atoms with Gasteiger partial charge in [-0.05, 0) is 60.1 Å². The van der Waals surface area contributed by atoms with Crippen molar-refractivity contribution in [2.45, 2.75) is 25.2 Å². The van der Waals surface area contributed by atoms with E-state index in [1.54, 1.807) is 21.3 Å². The van der Waals surface area contributed by atoms with Crippen LogP contribution in [0.5, 0.6) is 17.2 Å². The van der Waals surface area contributed by atoms with Crippen LogP contribution < -0.4 is 14.2 Å². The zero-order valence-corrected chi connectivity index (χ0v) is 16.5. The highest BCUT2D eigenvalue weighted by Crippen LogP contribution is 2.45. The first-order chi connectivity index (χ1) is 13.2. The molecule has 0 amide bonds. The summed E-state index contributed by atoms with van der Waals surface area (Å²) >= 11 is 0. The molecule has 1 heterocycles. The van der Waals surface area contributed by atoms with E-state index in [4.69, 9.17) is 14.2 Å². The Hall–Kier alpha value is -2.20. The fraction of sp³-hybridized carbons (Fsp3) is 0.478. The fourth-order valence-electron chi connectivity index (χ4n) is 4.82. The van der Waals surface area contributed by atoms with Crippen molar-refractivity contribution in [3.05, 3.63) is 53.1 Å². The Morgan fingerprint density at radius 2 is 1.67 bits per heavy atom. The summed E-state index contributed by atoms with van der Waals surface area (Å²) in [6.07, 6.45) is 3.43. The van der Waals surface area contributed by atoms with Crippen molar-refractivity contribution in [1.82, 2.24) is 4.90 Å². The van der Waals surface area contributed by atoms with E-state index in [9.17, 15) is 0 Å². The molecule has 27 heavy (non-hydrogen) atoms. The van der Waals surface area contributed by atoms with Gasteiger partial charge in [0.15, 0.2) is 11.5 Å². The van der Waals surface area contributed by atoms with Crippen molar-refractivity contribution < 1.29 is 14.2 Å². The molecule has 0 bridgehead atoms. The smallest absolute Gasteiger partial charge is 0.161 e. The number of benzene rings is 2. The van der Waals surface area contributed by atoms with Crippen LogP contribution in [0.25, 0.3) is 0 Å². The Kier molecular flexibility index (Phi) is 5.26. The molecule has 0 N–H and O–H groups in total. The van der Waals surface area contributed by atoms with E-state index >= 15 is 0 Å². The van der Waals surface area contributed by atoms with Gasteiger partial charge in [0, 0.05) is 25.6 Å². The highest BCUT2D eigenvalue weighted by atomic mass is 16.5. The van der Waals surface area contributed by atoms with Crippen LogP contribution in [0.1, 0.15) is 29.0 Å². The largest absolute Gasteiger partial charge is 0.496 e. The number of likely N-dealkylation sites (tertiary alicyclic amines) is 1. The fourth-order valence-corrected chi connectivity index (χ4v) is 4.82. The third-order valence-corrected chi connectivity index (χ3v) is 6.24. The zero-order chi connectivity index (χ0) is 18.8. The Bertz CT molecular complexity index is 804. The van der Waals surface area contributed by atoms with Crippen molar-refractivity contribution in [3.63, 3.8) is 0 Å². The first-order valence-electron chi connectivity index (χ1n) is 9.82. The number of para-hydroxylation sites is 1. The molecular weight excluding hydrogens is 338 g/mol. The second kappa shape index (κ2) is 7.81. The van der Waals surface area contributed by atoms with Gasteiger partial charge in [-0.3, -0.25) is 0 Å². The number of aryl methyl sites for hydroxylation is 1. The van der Waals surface area contributed by atoms with E-state index in [2.05, 4.69) is 35.2 Å². The number of nitrogens with zero attached hydrogens (tertiary/aromatic N) is 1. The molecule has 4 rings (SSSR count). The molecule has 2 aromatic carbocycles. The number of hydrogen-bond donors (Lipinski definition) is 0. The Morgan fingerprint density at radius 1 is 0.926 bits per heavy atom. The summed E-state index contributed by atoms with van der Waals surface area (Å²) in [5.41, 5.74) is 4.19. The molecule has 1 aliphatic heterocycles. The zero-order valence-electron chi connectivity index (χ0n) is 16.5. The van der Waals surface area contributed by atoms with E-state index in [1.165, 1.54) is 29.7 Å². The number of hydrogen-bond acceptors (Lipinski definition) is 4. The molecular formula is C23H29NO3. The molecule has 1 fully saturated rings. The molecule has 2 unspecified atom stereocenters. The lowest BCUT2D eigenvalue weighted by Gasteiger charge is -2.28. The lowest BCUT2D eigenvalue weighted by atomic mass is 9.77. The lowest BCUT2D eigenvalue weighted by Crippen LogP contribution is -2.23. The highest BCUT2D eigenvalue weighted by Gasteiger charge is 2.37. The average molecular weight is 367 g/mol. The van der Waals surface area contributed by atoms with E-state index in [-0.39, 0.29) is 0 Å². The monoisotopic (exact) mass is 367 g/mol. The minimum atomic E-state index is 0.603. The number of ether oxygens (including phenoxy) is 3. The number of methoxy groups -OCH3 is 3. The van der Waals surface area contributed by atoms with Crippen molar-refractivity contribution >= 4 is 0 Å². The van der Waals surface area contributed by atoms with Gasteiger partial charge in [-0.25, -0.2) is 0 Å². The third-order valence-electron chi connectivity index (χ3n) is 6.24. The van der Waals surface area contributed by atoms with Crippen molar-refractivity contribution in [2.24, 2.45) is 5.92 Å². The van der Waals surface area contributed by atoms with Gasteiger partial charge in [0.2, 0.25) is 0 Å². The van der Waals surface area contributed by atoms with Crippen LogP contribution in [0.3, 0.4) is 0 Å². The summed E-state index contributed by atoms with van der Waals surface area (Å²) < 4.78 is 16.6. The van der Waals surface area contributed by atoms with Crippen LogP contribution in [-0.2, 0) is 12.8 Å². The predicted octanol–water partition coefficient (Wildman–Crippen LogP) is 3.92. The highest BCUT2D eigenvalue weighted by molar-refractivity contribution is 5.50. The van der Waals surface area contributed by atoms with Gasteiger partial charge < -0.3 is 19.1 Å². The number of fused-ring (bicyclic) bond motifs is 3. The molecule has 2 aromatic rings. The summed E-state index contributed by atoms with van der Waals surface area (Å²) in [7, 11) is 5.19. The molecule has 4 heteroatoms. The standard InChI is InChI=1S/C23H29NO3/c1-25-21-7-5-4-6-16(21)10-11-24-14-18-9-8-17-12-22(26-2)23(27-3)13-19(17)20(18)15-24/h4-7,12-13,18,20H,8-11,14-15H2,1-3H3. The molecule has 0 aromatic heterocycles. The molecule has 0 radical (unpaired) electrons. The molecule has 1 saturated heterocycles. The third kappa shape index (κ3) is 3.51. The summed E-state index contributed by atoms with van der Waals surface area (Å²) in [4.78, 5) is 2.62. The molecule has 4 nitrogen and oxygen atoms in total. The minimum Gasteiger partial charge on any atom is -0.496 e. The average Bonchev–Trinajstić information content (AvgIpc) is 3.14. The van der Waals surface area contributed by atoms with Crippen molar-refractivity contribution in [2.75, 3.05) is 41.0 Å².